The number of ether oxygens (including phenoxy) is 1. The summed E-state index contributed by atoms with van der Waals surface area (Å²) in [5.41, 5.74) is 2.72. The lowest BCUT2D eigenvalue weighted by atomic mass is 10.0. The summed E-state index contributed by atoms with van der Waals surface area (Å²) in [5.74, 6) is -0.534. The SMILES string of the molecule is CC(C)OCCN1C(=O)C(c2ccccc2)=C(N(C)Cc2ccccc2)C1=O. The smallest absolute Gasteiger partial charge is 0.277 e. The second kappa shape index (κ2) is 8.85. The quantitative estimate of drug-likeness (QED) is 0.661. The van der Waals surface area contributed by atoms with Gasteiger partial charge in [0.05, 0.1) is 24.8 Å². The Kier molecular flexibility index (Phi) is 6.26. The maximum absolute atomic E-state index is 13.2. The molecule has 1 aliphatic heterocycles. The number of amides is 2. The highest BCUT2D eigenvalue weighted by Crippen LogP contribution is 2.31. The van der Waals surface area contributed by atoms with Crippen molar-refractivity contribution < 1.29 is 14.3 Å². The van der Waals surface area contributed by atoms with Crippen LogP contribution >= 0.6 is 0 Å². The molecule has 2 aromatic carbocycles. The molecule has 2 amide bonds. The van der Waals surface area contributed by atoms with Gasteiger partial charge in [-0.25, -0.2) is 0 Å². The second-order valence-electron chi connectivity index (χ2n) is 7.11. The minimum absolute atomic E-state index is 0.0505. The van der Waals surface area contributed by atoms with E-state index in [2.05, 4.69) is 0 Å². The summed E-state index contributed by atoms with van der Waals surface area (Å²) < 4.78 is 5.55. The molecule has 0 bridgehead atoms. The summed E-state index contributed by atoms with van der Waals surface area (Å²) >= 11 is 0. The van der Waals surface area contributed by atoms with Crippen LogP contribution in [0.3, 0.4) is 0 Å². The van der Waals surface area contributed by atoms with Gasteiger partial charge in [0.1, 0.15) is 5.70 Å². The molecule has 0 spiro atoms. The highest BCUT2D eigenvalue weighted by atomic mass is 16.5. The Morgan fingerprint density at radius 1 is 0.929 bits per heavy atom. The predicted molar refractivity (Wildman–Crippen MR) is 109 cm³/mol. The summed E-state index contributed by atoms with van der Waals surface area (Å²) in [7, 11) is 1.85. The third-order valence-corrected chi connectivity index (χ3v) is 4.62. The van der Waals surface area contributed by atoms with Crippen LogP contribution in [0.25, 0.3) is 5.57 Å². The van der Waals surface area contributed by atoms with Crippen LogP contribution < -0.4 is 0 Å². The van der Waals surface area contributed by atoms with Gasteiger partial charge in [0.15, 0.2) is 0 Å². The summed E-state index contributed by atoms with van der Waals surface area (Å²) in [6.45, 7) is 4.98. The molecule has 1 aliphatic rings. The van der Waals surface area contributed by atoms with E-state index in [1.165, 1.54) is 4.90 Å². The molecule has 2 aromatic rings. The predicted octanol–water partition coefficient (Wildman–Crippen LogP) is 3.32. The van der Waals surface area contributed by atoms with Crippen LogP contribution in [-0.2, 0) is 20.9 Å². The molecular formula is C23H26N2O3. The standard InChI is InChI=1S/C23H26N2O3/c1-17(2)28-15-14-25-22(26)20(19-12-8-5-9-13-19)21(23(25)27)24(3)16-18-10-6-4-7-11-18/h4-13,17H,14-16H2,1-3H3. The second-order valence-corrected chi connectivity index (χ2v) is 7.11. The Bertz CT molecular complexity index is 860. The normalized spacial score (nSPS) is 14.4. The fourth-order valence-corrected chi connectivity index (χ4v) is 3.30. The van der Waals surface area contributed by atoms with Gasteiger partial charge in [0.2, 0.25) is 0 Å². The van der Waals surface area contributed by atoms with Crippen LogP contribution in [0.2, 0.25) is 0 Å². The Labute approximate surface area is 166 Å². The Balaban J connectivity index is 1.92. The number of benzene rings is 2. The fourth-order valence-electron chi connectivity index (χ4n) is 3.30. The number of carbonyl (C=O) groups is 2. The van der Waals surface area contributed by atoms with E-state index in [0.717, 1.165) is 11.1 Å². The van der Waals surface area contributed by atoms with E-state index < -0.39 is 0 Å². The number of hydrogen-bond donors (Lipinski definition) is 0. The van der Waals surface area contributed by atoms with Gasteiger partial charge < -0.3 is 9.64 Å². The van der Waals surface area contributed by atoms with E-state index >= 15 is 0 Å². The minimum Gasteiger partial charge on any atom is -0.377 e. The fraction of sp³-hybridized carbons (Fsp3) is 0.304. The molecule has 0 radical (unpaired) electrons. The average Bonchev–Trinajstić information content (AvgIpc) is 2.94. The monoisotopic (exact) mass is 378 g/mol. The van der Waals surface area contributed by atoms with Crippen molar-refractivity contribution in [2.24, 2.45) is 0 Å². The molecule has 28 heavy (non-hydrogen) atoms. The molecule has 5 heteroatoms. The van der Waals surface area contributed by atoms with E-state index in [4.69, 9.17) is 4.74 Å². The van der Waals surface area contributed by atoms with Crippen molar-refractivity contribution in [1.82, 2.24) is 9.80 Å². The van der Waals surface area contributed by atoms with Crippen LogP contribution in [0.4, 0.5) is 0 Å². The zero-order valence-electron chi connectivity index (χ0n) is 16.6. The molecule has 3 rings (SSSR count). The lowest BCUT2D eigenvalue weighted by molar-refractivity contribution is -0.138. The van der Waals surface area contributed by atoms with Crippen LogP contribution in [0.1, 0.15) is 25.0 Å². The molecule has 5 nitrogen and oxygen atoms in total. The molecule has 0 aromatic heterocycles. The maximum atomic E-state index is 13.2. The number of carbonyl (C=O) groups excluding carboxylic acids is 2. The van der Waals surface area contributed by atoms with E-state index in [9.17, 15) is 9.59 Å². The van der Waals surface area contributed by atoms with Crippen molar-refractivity contribution in [1.29, 1.82) is 0 Å². The van der Waals surface area contributed by atoms with E-state index in [1.54, 1.807) is 0 Å². The first-order valence-corrected chi connectivity index (χ1v) is 9.51. The van der Waals surface area contributed by atoms with Crippen molar-refractivity contribution in [3.8, 4) is 0 Å². The minimum atomic E-state index is -0.269. The third-order valence-electron chi connectivity index (χ3n) is 4.62. The molecule has 1 heterocycles. The largest absolute Gasteiger partial charge is 0.377 e. The molecule has 0 unspecified atom stereocenters. The maximum Gasteiger partial charge on any atom is 0.277 e. The van der Waals surface area contributed by atoms with Gasteiger partial charge in [0.25, 0.3) is 11.8 Å². The Morgan fingerprint density at radius 2 is 1.54 bits per heavy atom. The Morgan fingerprint density at radius 3 is 2.14 bits per heavy atom. The lowest BCUT2D eigenvalue weighted by Gasteiger charge is -2.22. The summed E-state index contributed by atoms with van der Waals surface area (Å²) in [4.78, 5) is 29.4. The van der Waals surface area contributed by atoms with E-state index in [0.29, 0.717) is 24.4 Å². The summed E-state index contributed by atoms with van der Waals surface area (Å²) in [6, 6.07) is 19.3. The van der Waals surface area contributed by atoms with Gasteiger partial charge in [-0.15, -0.1) is 0 Å². The van der Waals surface area contributed by atoms with Crippen molar-refractivity contribution in [3.63, 3.8) is 0 Å². The molecule has 0 fully saturated rings. The number of imide groups is 1. The number of likely N-dealkylation sites (N-methyl/N-ethyl adjacent to an activating group) is 1. The molecule has 0 saturated carbocycles. The van der Waals surface area contributed by atoms with Crippen molar-refractivity contribution in [2.75, 3.05) is 20.2 Å². The average molecular weight is 378 g/mol. The van der Waals surface area contributed by atoms with Gasteiger partial charge in [-0.05, 0) is 25.0 Å². The van der Waals surface area contributed by atoms with Gasteiger partial charge in [-0.1, -0.05) is 60.7 Å². The molecule has 0 N–H and O–H groups in total. The lowest BCUT2D eigenvalue weighted by Crippen LogP contribution is -2.37. The van der Waals surface area contributed by atoms with Crippen LogP contribution in [0.15, 0.2) is 66.4 Å². The van der Waals surface area contributed by atoms with Gasteiger partial charge >= 0.3 is 0 Å². The highest BCUT2D eigenvalue weighted by molar-refractivity contribution is 6.35. The zero-order chi connectivity index (χ0) is 20.1. The van der Waals surface area contributed by atoms with Crippen LogP contribution in [-0.4, -0.2) is 47.9 Å². The number of nitrogens with zero attached hydrogens (tertiary/aromatic N) is 2. The zero-order valence-corrected chi connectivity index (χ0v) is 16.6. The van der Waals surface area contributed by atoms with Crippen LogP contribution in [0, 0.1) is 0 Å². The first kappa shape index (κ1) is 19.8. The molecule has 0 atom stereocenters. The molecule has 0 saturated heterocycles. The number of hydrogen-bond acceptors (Lipinski definition) is 4. The molecular weight excluding hydrogens is 352 g/mol. The van der Waals surface area contributed by atoms with Gasteiger partial charge in [-0.2, -0.15) is 0 Å². The van der Waals surface area contributed by atoms with Gasteiger partial charge in [-0.3, -0.25) is 14.5 Å². The molecule has 0 aliphatic carbocycles. The Hall–Kier alpha value is -2.92. The molecule has 146 valence electrons. The van der Waals surface area contributed by atoms with Crippen molar-refractivity contribution in [3.05, 3.63) is 77.5 Å². The highest BCUT2D eigenvalue weighted by Gasteiger charge is 2.40. The van der Waals surface area contributed by atoms with E-state index in [-0.39, 0.29) is 24.5 Å². The first-order chi connectivity index (χ1) is 13.5. The van der Waals surface area contributed by atoms with Crippen molar-refractivity contribution >= 4 is 17.4 Å². The van der Waals surface area contributed by atoms with Gasteiger partial charge in [0, 0.05) is 13.6 Å². The van der Waals surface area contributed by atoms with Crippen LogP contribution in [0.5, 0.6) is 0 Å². The summed E-state index contributed by atoms with van der Waals surface area (Å²) in [5, 5.41) is 0. The number of rotatable bonds is 8. The third kappa shape index (κ3) is 4.31. The van der Waals surface area contributed by atoms with E-state index in [1.807, 2.05) is 86.5 Å². The van der Waals surface area contributed by atoms with Crippen molar-refractivity contribution in [2.45, 2.75) is 26.5 Å². The summed E-state index contributed by atoms with van der Waals surface area (Å²) in [6.07, 6.45) is 0.0505. The first-order valence-electron chi connectivity index (χ1n) is 9.51. The topological polar surface area (TPSA) is 49.9 Å².